The highest BCUT2D eigenvalue weighted by Gasteiger charge is 2.12. The lowest BCUT2D eigenvalue weighted by molar-refractivity contribution is -0.120. The maximum atomic E-state index is 12.1. The number of aromatic nitrogens is 2. The lowest BCUT2D eigenvalue weighted by Crippen LogP contribution is -2.38. The Hall–Kier alpha value is -2.57. The summed E-state index contributed by atoms with van der Waals surface area (Å²) in [6.45, 7) is 2.81. The Balaban J connectivity index is 1.50. The lowest BCUT2D eigenvalue weighted by Gasteiger charge is -2.10. The fraction of sp³-hybridized carbons (Fsp3) is 0.211. The SMILES string of the molecule is Cc1nc2ccccc2n1CCNC(=O)CNC(=O)c1ccc(Cl)cc1Cl. The van der Waals surface area contributed by atoms with Gasteiger partial charge < -0.3 is 15.2 Å². The molecule has 2 amide bonds. The number of rotatable bonds is 6. The zero-order valence-corrected chi connectivity index (χ0v) is 16.1. The highest BCUT2D eigenvalue weighted by molar-refractivity contribution is 6.36. The zero-order chi connectivity index (χ0) is 19.4. The molecule has 0 radical (unpaired) electrons. The minimum Gasteiger partial charge on any atom is -0.353 e. The van der Waals surface area contributed by atoms with Crippen LogP contribution in [0.25, 0.3) is 11.0 Å². The first kappa shape index (κ1) is 19.2. The van der Waals surface area contributed by atoms with E-state index in [0.717, 1.165) is 16.9 Å². The van der Waals surface area contributed by atoms with Gasteiger partial charge >= 0.3 is 0 Å². The fourth-order valence-electron chi connectivity index (χ4n) is 2.78. The summed E-state index contributed by atoms with van der Waals surface area (Å²) < 4.78 is 2.04. The van der Waals surface area contributed by atoms with Crippen molar-refractivity contribution < 1.29 is 9.59 Å². The van der Waals surface area contributed by atoms with Crippen LogP contribution < -0.4 is 10.6 Å². The van der Waals surface area contributed by atoms with Crippen molar-refractivity contribution in [2.45, 2.75) is 13.5 Å². The Kier molecular flexibility index (Phi) is 5.98. The van der Waals surface area contributed by atoms with Crippen LogP contribution in [0.15, 0.2) is 42.5 Å². The Morgan fingerprint density at radius 3 is 2.67 bits per heavy atom. The van der Waals surface area contributed by atoms with E-state index in [1.54, 1.807) is 6.07 Å². The summed E-state index contributed by atoms with van der Waals surface area (Å²) in [5.74, 6) is 0.176. The van der Waals surface area contributed by atoms with Crippen molar-refractivity contribution in [1.29, 1.82) is 0 Å². The van der Waals surface area contributed by atoms with E-state index in [1.165, 1.54) is 12.1 Å². The van der Waals surface area contributed by atoms with E-state index in [9.17, 15) is 9.59 Å². The number of para-hydroxylation sites is 2. The largest absolute Gasteiger partial charge is 0.353 e. The number of halogens is 2. The Bertz CT molecular complexity index is 1000. The van der Waals surface area contributed by atoms with Gasteiger partial charge in [0.2, 0.25) is 5.91 Å². The molecular weight excluding hydrogens is 387 g/mol. The molecule has 0 saturated heterocycles. The van der Waals surface area contributed by atoms with E-state index in [0.29, 0.717) is 18.1 Å². The molecule has 3 aromatic rings. The maximum absolute atomic E-state index is 12.1. The minimum absolute atomic E-state index is 0.137. The van der Waals surface area contributed by atoms with Crippen LogP contribution in [0.1, 0.15) is 16.2 Å². The third kappa shape index (κ3) is 4.59. The van der Waals surface area contributed by atoms with Gasteiger partial charge in [-0.25, -0.2) is 4.98 Å². The van der Waals surface area contributed by atoms with Gasteiger partial charge in [-0.15, -0.1) is 0 Å². The minimum atomic E-state index is -0.428. The summed E-state index contributed by atoms with van der Waals surface area (Å²) in [6.07, 6.45) is 0. The summed E-state index contributed by atoms with van der Waals surface area (Å²) in [7, 11) is 0. The summed E-state index contributed by atoms with van der Waals surface area (Å²) in [5.41, 5.74) is 2.22. The van der Waals surface area contributed by atoms with Gasteiger partial charge in [-0.1, -0.05) is 35.3 Å². The summed E-state index contributed by atoms with van der Waals surface area (Å²) in [6, 6.07) is 12.4. The number of carbonyl (C=O) groups is 2. The molecule has 0 fully saturated rings. The number of amides is 2. The average molecular weight is 405 g/mol. The summed E-state index contributed by atoms with van der Waals surface area (Å²) in [4.78, 5) is 28.6. The molecule has 3 rings (SSSR count). The van der Waals surface area contributed by atoms with Gasteiger partial charge in [-0.2, -0.15) is 0 Å². The van der Waals surface area contributed by atoms with E-state index < -0.39 is 5.91 Å². The number of imidazole rings is 1. The topological polar surface area (TPSA) is 76.0 Å². The number of carbonyl (C=O) groups excluding carboxylic acids is 2. The monoisotopic (exact) mass is 404 g/mol. The molecule has 1 heterocycles. The van der Waals surface area contributed by atoms with E-state index in [1.807, 2.05) is 35.8 Å². The van der Waals surface area contributed by atoms with Crippen molar-refractivity contribution in [3.8, 4) is 0 Å². The summed E-state index contributed by atoms with van der Waals surface area (Å²) in [5, 5.41) is 6.01. The van der Waals surface area contributed by atoms with Crippen molar-refractivity contribution >= 4 is 46.0 Å². The van der Waals surface area contributed by atoms with Gasteiger partial charge in [0.05, 0.1) is 28.2 Å². The van der Waals surface area contributed by atoms with Gasteiger partial charge in [0.1, 0.15) is 5.82 Å². The number of benzene rings is 2. The predicted molar refractivity (Wildman–Crippen MR) is 106 cm³/mol. The molecule has 0 unspecified atom stereocenters. The number of hydrogen-bond donors (Lipinski definition) is 2. The third-order valence-electron chi connectivity index (χ3n) is 4.09. The van der Waals surface area contributed by atoms with Crippen LogP contribution in [0.3, 0.4) is 0 Å². The average Bonchev–Trinajstić information content (AvgIpc) is 2.95. The first-order valence-corrected chi connectivity index (χ1v) is 9.13. The van der Waals surface area contributed by atoms with Crippen LogP contribution in [0.4, 0.5) is 0 Å². The molecule has 0 aliphatic carbocycles. The van der Waals surface area contributed by atoms with E-state index >= 15 is 0 Å². The normalized spacial score (nSPS) is 10.8. The maximum Gasteiger partial charge on any atom is 0.253 e. The van der Waals surface area contributed by atoms with E-state index in [4.69, 9.17) is 23.2 Å². The molecular formula is C19H18Cl2N4O2. The molecule has 2 N–H and O–H groups in total. The molecule has 0 saturated carbocycles. The quantitative estimate of drug-likeness (QED) is 0.662. The van der Waals surface area contributed by atoms with Crippen molar-refractivity contribution in [2.75, 3.05) is 13.1 Å². The second-order valence-electron chi connectivity index (χ2n) is 5.96. The van der Waals surface area contributed by atoms with Crippen molar-refractivity contribution in [1.82, 2.24) is 20.2 Å². The van der Waals surface area contributed by atoms with Crippen molar-refractivity contribution in [2.24, 2.45) is 0 Å². The number of nitrogens with one attached hydrogen (secondary N) is 2. The molecule has 0 bridgehead atoms. The highest BCUT2D eigenvalue weighted by atomic mass is 35.5. The van der Waals surface area contributed by atoms with Crippen LogP contribution in [-0.4, -0.2) is 34.5 Å². The Morgan fingerprint density at radius 2 is 1.89 bits per heavy atom. The van der Waals surface area contributed by atoms with Crippen molar-refractivity contribution in [3.05, 3.63) is 63.9 Å². The number of fused-ring (bicyclic) bond motifs is 1. The highest BCUT2D eigenvalue weighted by Crippen LogP contribution is 2.20. The summed E-state index contributed by atoms with van der Waals surface area (Å²) >= 11 is 11.8. The van der Waals surface area contributed by atoms with Crippen LogP contribution in [-0.2, 0) is 11.3 Å². The first-order valence-electron chi connectivity index (χ1n) is 8.37. The molecule has 0 aliphatic rings. The van der Waals surface area contributed by atoms with Gasteiger partial charge in [-0.3, -0.25) is 9.59 Å². The number of aryl methyl sites for hydroxylation is 1. The molecule has 0 spiro atoms. The number of nitrogens with zero attached hydrogens (tertiary/aromatic N) is 2. The van der Waals surface area contributed by atoms with E-state index in [-0.39, 0.29) is 23.0 Å². The molecule has 6 nitrogen and oxygen atoms in total. The van der Waals surface area contributed by atoms with Crippen LogP contribution in [0.2, 0.25) is 10.0 Å². The predicted octanol–water partition coefficient (Wildman–Crippen LogP) is 3.20. The van der Waals surface area contributed by atoms with Crippen LogP contribution >= 0.6 is 23.2 Å². The van der Waals surface area contributed by atoms with Gasteiger partial charge in [-0.05, 0) is 37.3 Å². The second-order valence-corrected chi connectivity index (χ2v) is 6.80. The molecule has 1 aromatic heterocycles. The molecule has 140 valence electrons. The third-order valence-corrected chi connectivity index (χ3v) is 4.64. The molecule has 2 aromatic carbocycles. The zero-order valence-electron chi connectivity index (χ0n) is 14.6. The standard InChI is InChI=1S/C19H18Cl2N4O2/c1-12-24-16-4-2-3-5-17(16)25(12)9-8-22-18(26)11-23-19(27)14-7-6-13(20)10-15(14)21/h2-7,10H,8-9,11H2,1H3,(H,22,26)(H,23,27). The van der Waals surface area contributed by atoms with Crippen LogP contribution in [0, 0.1) is 6.92 Å². The molecule has 8 heteroatoms. The molecule has 27 heavy (non-hydrogen) atoms. The first-order chi connectivity index (χ1) is 13.0. The number of hydrogen-bond acceptors (Lipinski definition) is 3. The van der Waals surface area contributed by atoms with Crippen LogP contribution in [0.5, 0.6) is 0 Å². The van der Waals surface area contributed by atoms with Gasteiger partial charge in [0, 0.05) is 18.1 Å². The Labute approximate surface area is 166 Å². The molecule has 0 aliphatic heterocycles. The lowest BCUT2D eigenvalue weighted by atomic mass is 10.2. The fourth-order valence-corrected chi connectivity index (χ4v) is 3.27. The molecule has 0 atom stereocenters. The smallest absolute Gasteiger partial charge is 0.253 e. The Morgan fingerprint density at radius 1 is 1.11 bits per heavy atom. The van der Waals surface area contributed by atoms with E-state index in [2.05, 4.69) is 15.6 Å². The van der Waals surface area contributed by atoms with Crippen molar-refractivity contribution in [3.63, 3.8) is 0 Å². The van der Waals surface area contributed by atoms with Gasteiger partial charge in [0.25, 0.3) is 5.91 Å². The second kappa shape index (κ2) is 8.41. The van der Waals surface area contributed by atoms with Gasteiger partial charge in [0.15, 0.2) is 0 Å².